The molecule has 0 fully saturated rings. The number of ether oxygens (including phenoxy) is 2. The maximum Gasteiger partial charge on any atom is 0.265 e. The summed E-state index contributed by atoms with van der Waals surface area (Å²) in [6, 6.07) is 4.89. The van der Waals surface area contributed by atoms with Crippen molar-refractivity contribution in [3.63, 3.8) is 0 Å². The van der Waals surface area contributed by atoms with E-state index in [1.807, 2.05) is 20.8 Å². The van der Waals surface area contributed by atoms with Crippen LogP contribution in [0.3, 0.4) is 0 Å². The van der Waals surface area contributed by atoms with Gasteiger partial charge in [-0.25, -0.2) is 9.67 Å². The molecule has 0 aliphatic carbocycles. The lowest BCUT2D eigenvalue weighted by molar-refractivity contribution is -0.116. The number of thioether (sulfide) groups is 1. The van der Waals surface area contributed by atoms with E-state index in [4.69, 9.17) is 14.5 Å². The number of rotatable bonds is 5. The molecule has 1 unspecified atom stereocenters. The lowest BCUT2D eigenvalue weighted by atomic mass is 10.1. The number of hydrogen-bond acceptors (Lipinski definition) is 7. The smallest absolute Gasteiger partial charge is 0.265 e. The Morgan fingerprint density at radius 3 is 2.74 bits per heavy atom. The fourth-order valence-electron chi connectivity index (χ4n) is 3.59. The molecular weight excluding hydrogens is 418 g/mol. The van der Waals surface area contributed by atoms with Crippen molar-refractivity contribution in [3.05, 3.63) is 34.7 Å². The van der Waals surface area contributed by atoms with Crippen molar-refractivity contribution in [2.45, 2.75) is 43.9 Å². The molecule has 0 bridgehead atoms. The number of carbonyl (C=O) groups is 1. The molecule has 2 aromatic heterocycles. The number of fused-ring (bicyclic) bond motifs is 2. The summed E-state index contributed by atoms with van der Waals surface area (Å²) in [5.74, 6) is 1.53. The van der Waals surface area contributed by atoms with Crippen LogP contribution in [0.1, 0.15) is 33.2 Å². The number of anilines is 1. The molecule has 1 aliphatic heterocycles. The zero-order chi connectivity index (χ0) is 22.3. The number of carbonyl (C=O) groups excluding carboxylic acids is 1. The van der Waals surface area contributed by atoms with Gasteiger partial charge in [-0.2, -0.15) is 5.10 Å². The Kier molecular flexibility index (Phi) is 5.42. The summed E-state index contributed by atoms with van der Waals surface area (Å²) in [6.45, 7) is 6.04. The normalized spacial score (nSPS) is 15.7. The van der Waals surface area contributed by atoms with E-state index in [0.717, 1.165) is 0 Å². The van der Waals surface area contributed by atoms with Crippen LogP contribution in [0.2, 0.25) is 0 Å². The Balaban J connectivity index is 1.59. The van der Waals surface area contributed by atoms with Crippen LogP contribution in [0.25, 0.3) is 11.0 Å². The standard InChI is InChI=1S/C21H25N5O4S/c1-21(2,3)26-18-14(10-22-26)19(28)25-12(11-31-20(25)24-18)8-17(27)23-15-7-6-13(29-4)9-16(15)30-5/h6-7,9-10,12H,8,11H2,1-5H3,(H,23,27). The summed E-state index contributed by atoms with van der Waals surface area (Å²) >= 11 is 1.48. The van der Waals surface area contributed by atoms with E-state index in [1.54, 1.807) is 40.8 Å². The number of methoxy groups -OCH3 is 2. The van der Waals surface area contributed by atoms with Crippen molar-refractivity contribution in [3.8, 4) is 11.5 Å². The molecule has 3 heterocycles. The molecule has 0 saturated carbocycles. The molecule has 3 aromatic rings. The van der Waals surface area contributed by atoms with E-state index in [0.29, 0.717) is 39.1 Å². The summed E-state index contributed by atoms with van der Waals surface area (Å²) in [7, 11) is 3.10. The molecule has 31 heavy (non-hydrogen) atoms. The van der Waals surface area contributed by atoms with Crippen LogP contribution in [-0.2, 0) is 10.3 Å². The first kappa shape index (κ1) is 21.2. The Morgan fingerprint density at radius 2 is 2.06 bits per heavy atom. The summed E-state index contributed by atoms with van der Waals surface area (Å²) in [6.07, 6.45) is 1.71. The number of benzene rings is 1. The van der Waals surface area contributed by atoms with Crippen molar-refractivity contribution < 1.29 is 14.3 Å². The highest BCUT2D eigenvalue weighted by atomic mass is 32.2. The van der Waals surface area contributed by atoms with Crippen LogP contribution in [0.5, 0.6) is 11.5 Å². The van der Waals surface area contributed by atoms with Crippen molar-refractivity contribution in [2.24, 2.45) is 0 Å². The lowest BCUT2D eigenvalue weighted by Crippen LogP contribution is -2.29. The van der Waals surface area contributed by atoms with Gasteiger partial charge in [0.15, 0.2) is 10.8 Å². The monoisotopic (exact) mass is 443 g/mol. The molecule has 1 aliphatic rings. The van der Waals surface area contributed by atoms with Crippen molar-refractivity contribution in [1.29, 1.82) is 0 Å². The average Bonchev–Trinajstić information content (AvgIpc) is 3.33. The SMILES string of the molecule is COc1ccc(NC(=O)CC2CSc3nc4c(cnn4C(C)(C)C)c(=O)n32)c(OC)c1. The van der Waals surface area contributed by atoms with Gasteiger partial charge in [-0.15, -0.1) is 0 Å². The summed E-state index contributed by atoms with van der Waals surface area (Å²) in [4.78, 5) is 30.6. The largest absolute Gasteiger partial charge is 0.497 e. The molecule has 4 rings (SSSR count). The minimum absolute atomic E-state index is 0.148. The highest BCUT2D eigenvalue weighted by Gasteiger charge is 2.30. The molecule has 1 amide bonds. The lowest BCUT2D eigenvalue weighted by Gasteiger charge is -2.20. The third-order valence-corrected chi connectivity index (χ3v) is 6.21. The third-order valence-electron chi connectivity index (χ3n) is 5.11. The Morgan fingerprint density at radius 1 is 1.29 bits per heavy atom. The number of nitrogens with zero attached hydrogens (tertiary/aromatic N) is 4. The van der Waals surface area contributed by atoms with E-state index in [-0.39, 0.29) is 29.5 Å². The van der Waals surface area contributed by atoms with E-state index < -0.39 is 0 Å². The van der Waals surface area contributed by atoms with Gasteiger partial charge in [0.05, 0.1) is 37.7 Å². The van der Waals surface area contributed by atoms with Crippen molar-refractivity contribution in [2.75, 3.05) is 25.3 Å². The van der Waals surface area contributed by atoms with Crippen molar-refractivity contribution in [1.82, 2.24) is 19.3 Å². The van der Waals surface area contributed by atoms with Crippen LogP contribution in [0.15, 0.2) is 34.3 Å². The maximum absolute atomic E-state index is 13.2. The molecule has 0 spiro atoms. The second-order valence-electron chi connectivity index (χ2n) is 8.32. The predicted octanol–water partition coefficient (Wildman–Crippen LogP) is 3.04. The number of amides is 1. The predicted molar refractivity (Wildman–Crippen MR) is 119 cm³/mol. The van der Waals surface area contributed by atoms with Gasteiger partial charge in [-0.1, -0.05) is 11.8 Å². The van der Waals surface area contributed by atoms with Crippen molar-refractivity contribution >= 4 is 34.4 Å². The quantitative estimate of drug-likeness (QED) is 0.605. The molecule has 1 atom stereocenters. The number of nitrogens with one attached hydrogen (secondary N) is 1. The molecule has 0 saturated heterocycles. The highest BCUT2D eigenvalue weighted by Crippen LogP contribution is 2.35. The summed E-state index contributed by atoms with van der Waals surface area (Å²) in [5, 5.41) is 8.32. The van der Waals surface area contributed by atoms with E-state index >= 15 is 0 Å². The summed E-state index contributed by atoms with van der Waals surface area (Å²) < 4.78 is 13.9. The number of aromatic nitrogens is 4. The molecule has 164 valence electrons. The Bertz CT molecular complexity index is 1210. The second-order valence-corrected chi connectivity index (χ2v) is 9.30. The second kappa shape index (κ2) is 7.92. The van der Waals surface area contributed by atoms with Gasteiger partial charge in [0.25, 0.3) is 5.56 Å². The number of hydrogen-bond donors (Lipinski definition) is 1. The van der Waals surface area contributed by atoms with E-state index in [9.17, 15) is 9.59 Å². The van der Waals surface area contributed by atoms with Gasteiger partial charge in [0, 0.05) is 18.2 Å². The van der Waals surface area contributed by atoms with E-state index in [2.05, 4.69) is 10.4 Å². The third kappa shape index (κ3) is 3.87. The zero-order valence-corrected chi connectivity index (χ0v) is 18.9. The molecule has 10 heteroatoms. The van der Waals surface area contributed by atoms with Gasteiger partial charge >= 0.3 is 0 Å². The minimum Gasteiger partial charge on any atom is -0.497 e. The highest BCUT2D eigenvalue weighted by molar-refractivity contribution is 7.99. The first-order valence-corrected chi connectivity index (χ1v) is 10.9. The summed E-state index contributed by atoms with van der Waals surface area (Å²) in [5.41, 5.74) is 0.663. The Labute approximate surface area is 183 Å². The minimum atomic E-state index is -0.292. The van der Waals surface area contributed by atoms with Gasteiger partial charge in [0.1, 0.15) is 16.9 Å². The first-order chi connectivity index (χ1) is 14.7. The average molecular weight is 444 g/mol. The van der Waals surface area contributed by atoms with Crippen LogP contribution in [0, 0.1) is 0 Å². The van der Waals surface area contributed by atoms with Gasteiger partial charge in [-0.05, 0) is 32.9 Å². The van der Waals surface area contributed by atoms with Crippen LogP contribution in [-0.4, -0.2) is 45.2 Å². The van der Waals surface area contributed by atoms with Gasteiger partial charge in [-0.3, -0.25) is 14.2 Å². The van der Waals surface area contributed by atoms with Crippen LogP contribution in [0.4, 0.5) is 5.69 Å². The molecule has 1 aromatic carbocycles. The first-order valence-electron chi connectivity index (χ1n) is 9.88. The van der Waals surface area contributed by atoms with Crippen LogP contribution >= 0.6 is 11.8 Å². The molecule has 9 nitrogen and oxygen atoms in total. The fraction of sp³-hybridized carbons (Fsp3) is 0.429. The van der Waals surface area contributed by atoms with Crippen LogP contribution < -0.4 is 20.3 Å². The van der Waals surface area contributed by atoms with Gasteiger partial charge < -0.3 is 14.8 Å². The Hall–Kier alpha value is -3.01. The maximum atomic E-state index is 13.2. The molecular formula is C21H25N5O4S. The van der Waals surface area contributed by atoms with Gasteiger partial charge in [0.2, 0.25) is 5.91 Å². The fourth-order valence-corrected chi connectivity index (χ4v) is 4.72. The molecule has 0 radical (unpaired) electrons. The van der Waals surface area contributed by atoms with E-state index in [1.165, 1.54) is 18.9 Å². The molecule has 1 N–H and O–H groups in total. The zero-order valence-electron chi connectivity index (χ0n) is 18.1. The topological polar surface area (TPSA) is 100 Å².